The van der Waals surface area contributed by atoms with Crippen molar-refractivity contribution in [2.24, 2.45) is 0 Å². The van der Waals surface area contributed by atoms with Crippen LogP contribution in [-0.2, 0) is 0 Å². The number of hydrogen-bond donors (Lipinski definition) is 0. The number of benzene rings is 1. The molecule has 1 unspecified atom stereocenters. The highest BCUT2D eigenvalue weighted by molar-refractivity contribution is 6.21. The Hall–Kier alpha value is -1.85. The molecule has 1 aromatic carbocycles. The topological polar surface area (TPSA) is 37.4 Å². The van der Waals surface area contributed by atoms with E-state index in [1.165, 1.54) is 19.1 Å². The van der Waals surface area contributed by atoms with Crippen LogP contribution >= 0.6 is 0 Å². The van der Waals surface area contributed by atoms with Gasteiger partial charge in [-0.25, -0.2) is 0 Å². The molecule has 96 valence electrons. The molecule has 0 N–H and O–H groups in total. The number of fused-ring (bicyclic) bond motifs is 1. The second-order valence-corrected chi connectivity index (χ2v) is 4.19. The van der Waals surface area contributed by atoms with Gasteiger partial charge in [0.1, 0.15) is 0 Å². The Balaban J connectivity index is 2.29. The van der Waals surface area contributed by atoms with Crippen LogP contribution in [0.3, 0.4) is 0 Å². The maximum atomic E-state index is 12.3. The Bertz CT molecular complexity index is 475. The van der Waals surface area contributed by atoms with Gasteiger partial charge in [0.05, 0.1) is 17.5 Å². The SMILES string of the molecule is CC(CC(F)(F)F)N1C(=O)c2ccccc2C1=O. The van der Waals surface area contributed by atoms with Crippen molar-refractivity contribution in [3.8, 4) is 0 Å². The number of carbonyl (C=O) groups is 2. The lowest BCUT2D eigenvalue weighted by Crippen LogP contribution is -2.40. The second kappa shape index (κ2) is 4.12. The van der Waals surface area contributed by atoms with E-state index in [1.54, 1.807) is 12.1 Å². The van der Waals surface area contributed by atoms with Gasteiger partial charge in [0, 0.05) is 6.04 Å². The molecule has 18 heavy (non-hydrogen) atoms. The first-order valence-corrected chi connectivity index (χ1v) is 5.35. The zero-order valence-electron chi connectivity index (χ0n) is 9.49. The number of imide groups is 1. The van der Waals surface area contributed by atoms with Gasteiger partial charge in [-0.3, -0.25) is 14.5 Å². The number of halogens is 3. The van der Waals surface area contributed by atoms with Crippen LogP contribution in [0, 0.1) is 0 Å². The zero-order chi connectivity index (χ0) is 13.5. The molecular formula is C12H10F3NO2. The molecule has 0 fully saturated rings. The van der Waals surface area contributed by atoms with Gasteiger partial charge in [0.25, 0.3) is 11.8 Å². The smallest absolute Gasteiger partial charge is 0.271 e. The van der Waals surface area contributed by atoms with Crippen LogP contribution in [0.4, 0.5) is 13.2 Å². The Morgan fingerprint density at radius 3 is 1.94 bits per heavy atom. The highest BCUT2D eigenvalue weighted by atomic mass is 19.4. The largest absolute Gasteiger partial charge is 0.391 e. The summed E-state index contributed by atoms with van der Waals surface area (Å²) < 4.78 is 36.9. The van der Waals surface area contributed by atoms with Crippen molar-refractivity contribution >= 4 is 11.8 Å². The van der Waals surface area contributed by atoms with E-state index in [4.69, 9.17) is 0 Å². The van der Waals surface area contributed by atoms with Gasteiger partial charge in [-0.1, -0.05) is 12.1 Å². The van der Waals surface area contributed by atoms with Crippen molar-refractivity contribution in [3.05, 3.63) is 35.4 Å². The van der Waals surface area contributed by atoms with Gasteiger partial charge < -0.3 is 0 Å². The first-order valence-electron chi connectivity index (χ1n) is 5.35. The maximum Gasteiger partial charge on any atom is 0.391 e. The molecule has 0 aliphatic carbocycles. The van der Waals surface area contributed by atoms with Crippen LogP contribution in [0.15, 0.2) is 24.3 Å². The Morgan fingerprint density at radius 1 is 1.11 bits per heavy atom. The normalized spacial score (nSPS) is 17.0. The number of alkyl halides is 3. The van der Waals surface area contributed by atoms with E-state index in [9.17, 15) is 22.8 Å². The Morgan fingerprint density at radius 2 is 1.56 bits per heavy atom. The van der Waals surface area contributed by atoms with E-state index in [1.807, 2.05) is 0 Å². The van der Waals surface area contributed by atoms with Crippen molar-refractivity contribution in [3.63, 3.8) is 0 Å². The third kappa shape index (κ3) is 2.10. The molecule has 0 aromatic heterocycles. The fourth-order valence-corrected chi connectivity index (χ4v) is 2.03. The van der Waals surface area contributed by atoms with E-state index in [0.717, 1.165) is 0 Å². The van der Waals surface area contributed by atoms with E-state index < -0.39 is 30.5 Å². The summed E-state index contributed by atoms with van der Waals surface area (Å²) >= 11 is 0. The van der Waals surface area contributed by atoms with Gasteiger partial charge in [-0.05, 0) is 19.1 Å². The lowest BCUT2D eigenvalue weighted by molar-refractivity contribution is -0.142. The Kier molecular flexibility index (Phi) is 2.88. The monoisotopic (exact) mass is 257 g/mol. The molecule has 0 saturated heterocycles. The second-order valence-electron chi connectivity index (χ2n) is 4.19. The van der Waals surface area contributed by atoms with Crippen LogP contribution in [0.2, 0.25) is 0 Å². The molecule has 0 radical (unpaired) electrons. The van der Waals surface area contributed by atoms with Crippen molar-refractivity contribution in [2.75, 3.05) is 0 Å². The molecule has 0 saturated carbocycles. The molecule has 1 aliphatic heterocycles. The summed E-state index contributed by atoms with van der Waals surface area (Å²) in [6.45, 7) is 1.22. The van der Waals surface area contributed by atoms with Crippen LogP contribution in [0.1, 0.15) is 34.1 Å². The number of hydrogen-bond acceptors (Lipinski definition) is 2. The molecule has 3 nitrogen and oxygen atoms in total. The molecule has 2 amide bonds. The van der Waals surface area contributed by atoms with Crippen LogP contribution < -0.4 is 0 Å². The standard InChI is InChI=1S/C12H10F3NO2/c1-7(6-12(13,14)15)16-10(17)8-4-2-3-5-9(8)11(16)18/h2-5,7H,6H2,1H3. The van der Waals surface area contributed by atoms with E-state index >= 15 is 0 Å². The zero-order valence-corrected chi connectivity index (χ0v) is 9.49. The lowest BCUT2D eigenvalue weighted by Gasteiger charge is -2.23. The molecule has 1 aromatic rings. The average molecular weight is 257 g/mol. The summed E-state index contributed by atoms with van der Waals surface area (Å²) in [7, 11) is 0. The quantitative estimate of drug-likeness (QED) is 0.764. The molecule has 1 heterocycles. The molecule has 0 bridgehead atoms. The van der Waals surface area contributed by atoms with E-state index in [2.05, 4.69) is 0 Å². The summed E-state index contributed by atoms with van der Waals surface area (Å²) in [6, 6.07) is 4.83. The highest BCUT2D eigenvalue weighted by Gasteiger charge is 2.42. The lowest BCUT2D eigenvalue weighted by atomic mass is 10.1. The van der Waals surface area contributed by atoms with Gasteiger partial charge in [-0.15, -0.1) is 0 Å². The summed E-state index contributed by atoms with van der Waals surface area (Å²) in [5.74, 6) is -1.32. The van der Waals surface area contributed by atoms with E-state index in [0.29, 0.717) is 4.90 Å². The highest BCUT2D eigenvalue weighted by Crippen LogP contribution is 2.29. The maximum absolute atomic E-state index is 12.3. The number of amides is 2. The average Bonchev–Trinajstić information content (AvgIpc) is 2.50. The molecule has 1 aliphatic rings. The van der Waals surface area contributed by atoms with Crippen LogP contribution in [0.5, 0.6) is 0 Å². The summed E-state index contributed by atoms with van der Waals surface area (Å²) in [4.78, 5) is 24.4. The molecule has 2 rings (SSSR count). The van der Waals surface area contributed by atoms with Gasteiger partial charge in [-0.2, -0.15) is 13.2 Å². The third-order valence-electron chi connectivity index (χ3n) is 2.79. The number of carbonyl (C=O) groups excluding carboxylic acids is 2. The van der Waals surface area contributed by atoms with Gasteiger partial charge >= 0.3 is 6.18 Å². The van der Waals surface area contributed by atoms with Gasteiger partial charge in [0.2, 0.25) is 0 Å². The summed E-state index contributed by atoms with van der Waals surface area (Å²) in [5, 5.41) is 0. The third-order valence-corrected chi connectivity index (χ3v) is 2.79. The summed E-state index contributed by atoms with van der Waals surface area (Å²) in [6.07, 6.45) is -5.60. The van der Waals surface area contributed by atoms with Gasteiger partial charge in [0.15, 0.2) is 0 Å². The van der Waals surface area contributed by atoms with Crippen LogP contribution in [-0.4, -0.2) is 28.9 Å². The van der Waals surface area contributed by atoms with Crippen LogP contribution in [0.25, 0.3) is 0 Å². The first-order chi connectivity index (χ1) is 8.31. The summed E-state index contributed by atoms with van der Waals surface area (Å²) in [5.41, 5.74) is 0.327. The minimum atomic E-state index is -4.41. The minimum Gasteiger partial charge on any atom is -0.271 e. The fourth-order valence-electron chi connectivity index (χ4n) is 2.03. The molecule has 0 spiro atoms. The molecule has 6 heteroatoms. The predicted molar refractivity (Wildman–Crippen MR) is 57.1 cm³/mol. The predicted octanol–water partition coefficient (Wildman–Crippen LogP) is 2.62. The van der Waals surface area contributed by atoms with Crippen molar-refractivity contribution in [1.82, 2.24) is 4.90 Å². The molecular weight excluding hydrogens is 247 g/mol. The van der Waals surface area contributed by atoms with E-state index in [-0.39, 0.29) is 11.1 Å². The van der Waals surface area contributed by atoms with Crippen molar-refractivity contribution in [2.45, 2.75) is 25.6 Å². The number of nitrogens with zero attached hydrogens (tertiary/aromatic N) is 1. The minimum absolute atomic E-state index is 0.163. The Labute approximate surface area is 101 Å². The molecule has 1 atom stereocenters. The number of rotatable bonds is 2. The van der Waals surface area contributed by atoms with Crippen molar-refractivity contribution in [1.29, 1.82) is 0 Å². The first kappa shape index (κ1) is 12.6. The fraction of sp³-hybridized carbons (Fsp3) is 0.333. The van der Waals surface area contributed by atoms with Crippen molar-refractivity contribution < 1.29 is 22.8 Å².